The number of nitro groups is 1. The van der Waals surface area contributed by atoms with Crippen molar-refractivity contribution in [1.82, 2.24) is 14.6 Å². The van der Waals surface area contributed by atoms with Gasteiger partial charge >= 0.3 is 5.69 Å². The summed E-state index contributed by atoms with van der Waals surface area (Å²) < 4.78 is 1.60. The van der Waals surface area contributed by atoms with Gasteiger partial charge in [-0.3, -0.25) is 10.1 Å². The molecule has 19 heavy (non-hydrogen) atoms. The van der Waals surface area contributed by atoms with Crippen molar-refractivity contribution in [2.45, 2.75) is 32.7 Å². The zero-order chi connectivity index (χ0) is 13.6. The highest BCUT2D eigenvalue weighted by atomic mass is 16.6. The van der Waals surface area contributed by atoms with Crippen molar-refractivity contribution in [1.29, 1.82) is 0 Å². The lowest BCUT2D eigenvalue weighted by Gasteiger charge is -2.26. The highest BCUT2D eigenvalue weighted by Crippen LogP contribution is 2.32. The molecule has 0 bridgehead atoms. The van der Waals surface area contributed by atoms with Crippen molar-refractivity contribution in [3.8, 4) is 0 Å². The van der Waals surface area contributed by atoms with Gasteiger partial charge in [0.2, 0.25) is 5.65 Å². The summed E-state index contributed by atoms with van der Waals surface area (Å²) in [6.45, 7) is 5.20. The minimum absolute atomic E-state index is 0.0428. The summed E-state index contributed by atoms with van der Waals surface area (Å²) in [6.07, 6.45) is 4.94. The van der Waals surface area contributed by atoms with Gasteiger partial charge in [-0.05, 0) is 19.8 Å². The fourth-order valence-electron chi connectivity index (χ4n) is 2.55. The van der Waals surface area contributed by atoms with E-state index in [1.807, 2.05) is 0 Å². The molecule has 7 heteroatoms. The quantitative estimate of drug-likeness (QED) is 0.622. The second-order valence-corrected chi connectivity index (χ2v) is 4.83. The predicted octanol–water partition coefficient (Wildman–Crippen LogP) is 1.80. The Kier molecular flexibility index (Phi) is 2.62. The zero-order valence-electron chi connectivity index (χ0n) is 10.9. The maximum absolute atomic E-state index is 10.9. The van der Waals surface area contributed by atoms with Gasteiger partial charge in [0.15, 0.2) is 0 Å². The Hall–Kier alpha value is -2.18. The number of hydrogen-bond acceptors (Lipinski definition) is 5. The van der Waals surface area contributed by atoms with Crippen LogP contribution in [0.1, 0.15) is 25.8 Å². The number of aromatic nitrogens is 3. The fraction of sp³-hybridized carbons (Fsp3) is 0.500. The molecular weight excluding hydrogens is 246 g/mol. The smallest absolute Gasteiger partial charge is 0.333 e. The van der Waals surface area contributed by atoms with Crippen LogP contribution in [0.3, 0.4) is 0 Å². The average Bonchev–Trinajstić information content (AvgIpc) is 3.00. The van der Waals surface area contributed by atoms with Crippen molar-refractivity contribution in [2.24, 2.45) is 0 Å². The third-order valence-electron chi connectivity index (χ3n) is 3.77. The first kappa shape index (κ1) is 11.9. The normalized spacial score (nSPS) is 15.8. The monoisotopic (exact) mass is 261 g/mol. The molecule has 100 valence electrons. The van der Waals surface area contributed by atoms with Crippen molar-refractivity contribution < 1.29 is 4.92 Å². The first-order valence-corrected chi connectivity index (χ1v) is 6.40. The van der Waals surface area contributed by atoms with E-state index in [2.05, 4.69) is 28.8 Å². The molecule has 0 aromatic carbocycles. The Balaban J connectivity index is 2.21. The molecular formula is C12H15N5O2. The van der Waals surface area contributed by atoms with Gasteiger partial charge in [0.25, 0.3) is 0 Å². The molecule has 1 aliphatic rings. The molecule has 0 N–H and O–H groups in total. The summed E-state index contributed by atoms with van der Waals surface area (Å²) in [5.41, 5.74) is 1.38. The van der Waals surface area contributed by atoms with Gasteiger partial charge in [0.05, 0.1) is 4.92 Å². The molecule has 1 atom stereocenters. The van der Waals surface area contributed by atoms with E-state index in [0.717, 1.165) is 30.8 Å². The van der Waals surface area contributed by atoms with Crippen LogP contribution < -0.4 is 4.90 Å². The SMILES string of the molecule is CCC(C)N1CCc2cnc3c([N+](=O)[O-])cnn3c21. The summed E-state index contributed by atoms with van der Waals surface area (Å²) in [6, 6.07) is 0.384. The Bertz CT molecular complexity index is 651. The molecule has 3 rings (SSSR count). The Labute approximate surface area is 110 Å². The largest absolute Gasteiger partial charge is 0.353 e. The molecule has 0 saturated heterocycles. The zero-order valence-corrected chi connectivity index (χ0v) is 10.9. The van der Waals surface area contributed by atoms with Crippen LogP contribution in [0.2, 0.25) is 0 Å². The van der Waals surface area contributed by atoms with E-state index in [0.29, 0.717) is 11.7 Å². The van der Waals surface area contributed by atoms with Gasteiger partial charge in [0, 0.05) is 24.3 Å². The molecule has 0 radical (unpaired) electrons. The van der Waals surface area contributed by atoms with Crippen molar-refractivity contribution in [2.75, 3.05) is 11.4 Å². The molecule has 7 nitrogen and oxygen atoms in total. The Morgan fingerprint density at radius 2 is 2.32 bits per heavy atom. The lowest BCUT2D eigenvalue weighted by Crippen LogP contribution is -2.32. The van der Waals surface area contributed by atoms with Crippen LogP contribution in [-0.2, 0) is 6.42 Å². The Morgan fingerprint density at radius 1 is 1.53 bits per heavy atom. The van der Waals surface area contributed by atoms with Gasteiger partial charge in [-0.25, -0.2) is 4.98 Å². The molecule has 1 aliphatic heterocycles. The third-order valence-corrected chi connectivity index (χ3v) is 3.77. The van der Waals surface area contributed by atoms with E-state index in [1.54, 1.807) is 10.7 Å². The lowest BCUT2D eigenvalue weighted by atomic mass is 10.2. The molecule has 2 aromatic rings. The second kappa shape index (κ2) is 4.18. The van der Waals surface area contributed by atoms with Crippen LogP contribution in [0, 0.1) is 10.1 Å². The van der Waals surface area contributed by atoms with E-state index in [4.69, 9.17) is 0 Å². The maximum atomic E-state index is 10.9. The van der Waals surface area contributed by atoms with Crippen LogP contribution in [0.5, 0.6) is 0 Å². The number of nitrogens with zero attached hydrogens (tertiary/aromatic N) is 5. The van der Waals surface area contributed by atoms with Crippen molar-refractivity contribution in [3.63, 3.8) is 0 Å². The molecule has 0 spiro atoms. The van der Waals surface area contributed by atoms with Crippen LogP contribution in [0.25, 0.3) is 5.65 Å². The summed E-state index contributed by atoms with van der Waals surface area (Å²) >= 11 is 0. The number of hydrogen-bond donors (Lipinski definition) is 0. The minimum Gasteiger partial charge on any atom is -0.353 e. The molecule has 0 aliphatic carbocycles. The first-order chi connectivity index (χ1) is 9.13. The summed E-state index contributed by atoms with van der Waals surface area (Å²) in [5.74, 6) is 0.951. The Morgan fingerprint density at radius 3 is 3.00 bits per heavy atom. The molecule has 0 saturated carbocycles. The minimum atomic E-state index is -0.440. The van der Waals surface area contributed by atoms with Gasteiger partial charge in [0.1, 0.15) is 12.0 Å². The van der Waals surface area contributed by atoms with E-state index >= 15 is 0 Å². The highest BCUT2D eigenvalue weighted by molar-refractivity contribution is 5.65. The summed E-state index contributed by atoms with van der Waals surface area (Å²) in [7, 11) is 0. The number of fused-ring (bicyclic) bond motifs is 3. The van der Waals surface area contributed by atoms with Crippen LogP contribution in [0.4, 0.5) is 11.5 Å². The molecule has 0 fully saturated rings. The molecule has 3 heterocycles. The topological polar surface area (TPSA) is 76.6 Å². The summed E-state index contributed by atoms with van der Waals surface area (Å²) in [4.78, 5) is 16.9. The third kappa shape index (κ3) is 1.65. The standard InChI is InChI=1S/C12H15N5O2/c1-3-8(2)15-5-4-9-6-13-11-10(17(18)19)7-14-16(11)12(9)15/h6-8H,3-5H2,1-2H3. The van der Waals surface area contributed by atoms with Crippen molar-refractivity contribution in [3.05, 3.63) is 28.1 Å². The first-order valence-electron chi connectivity index (χ1n) is 6.40. The van der Waals surface area contributed by atoms with Gasteiger partial charge in [-0.15, -0.1) is 0 Å². The van der Waals surface area contributed by atoms with Crippen LogP contribution in [0.15, 0.2) is 12.4 Å². The van der Waals surface area contributed by atoms with Crippen molar-refractivity contribution >= 4 is 17.2 Å². The lowest BCUT2D eigenvalue weighted by molar-refractivity contribution is -0.383. The fourth-order valence-corrected chi connectivity index (χ4v) is 2.55. The predicted molar refractivity (Wildman–Crippen MR) is 70.4 cm³/mol. The van der Waals surface area contributed by atoms with E-state index in [-0.39, 0.29) is 5.69 Å². The van der Waals surface area contributed by atoms with E-state index in [9.17, 15) is 10.1 Å². The van der Waals surface area contributed by atoms with Crippen LogP contribution in [-0.4, -0.2) is 32.1 Å². The van der Waals surface area contributed by atoms with Crippen LogP contribution >= 0.6 is 0 Å². The summed E-state index contributed by atoms with van der Waals surface area (Å²) in [5, 5.41) is 15.1. The van der Waals surface area contributed by atoms with E-state index in [1.165, 1.54) is 6.20 Å². The van der Waals surface area contributed by atoms with Gasteiger partial charge in [-0.1, -0.05) is 6.92 Å². The number of rotatable bonds is 3. The maximum Gasteiger partial charge on any atom is 0.333 e. The van der Waals surface area contributed by atoms with E-state index < -0.39 is 4.92 Å². The molecule has 0 amide bonds. The molecule has 1 unspecified atom stereocenters. The van der Waals surface area contributed by atoms with Gasteiger partial charge < -0.3 is 4.90 Å². The highest BCUT2D eigenvalue weighted by Gasteiger charge is 2.29. The van der Waals surface area contributed by atoms with Gasteiger partial charge in [-0.2, -0.15) is 9.61 Å². The molecule has 2 aromatic heterocycles. The number of anilines is 1. The average molecular weight is 261 g/mol. The second-order valence-electron chi connectivity index (χ2n) is 4.83.